The molecule has 0 aliphatic rings. The van der Waals surface area contributed by atoms with Crippen LogP contribution in [0.2, 0.25) is 0 Å². The number of nitrogens with zero attached hydrogens (tertiary/aromatic N) is 2. The first kappa shape index (κ1) is 17.4. The molecule has 0 aliphatic carbocycles. The molecule has 0 saturated carbocycles. The Morgan fingerprint density at radius 1 is 0.852 bits per heavy atom. The smallest absolute Gasteiger partial charge is 0.250 e. The lowest BCUT2D eigenvalue weighted by Crippen LogP contribution is -2.15. The fourth-order valence-corrected chi connectivity index (χ4v) is 3.68. The third-order valence-electron chi connectivity index (χ3n) is 5.11. The number of hydrogen-bond donors (Lipinski definition) is 0. The molecule has 27 heavy (non-hydrogen) atoms. The number of methoxy groups -OCH3 is 1. The molecule has 0 N–H and O–H groups in total. The van der Waals surface area contributed by atoms with Gasteiger partial charge in [0, 0.05) is 49.1 Å². The van der Waals surface area contributed by atoms with E-state index in [0.29, 0.717) is 13.2 Å². The maximum Gasteiger partial charge on any atom is 0.250 e. The van der Waals surface area contributed by atoms with Gasteiger partial charge in [-0.2, -0.15) is 0 Å². The van der Waals surface area contributed by atoms with E-state index < -0.39 is 0 Å². The number of ether oxygens (including phenoxy) is 2. The van der Waals surface area contributed by atoms with Crippen LogP contribution in [-0.4, -0.2) is 16.2 Å². The third kappa shape index (κ3) is 2.90. The molecule has 5 heteroatoms. The summed E-state index contributed by atoms with van der Waals surface area (Å²) in [5.74, 6) is 0.832. The van der Waals surface area contributed by atoms with E-state index in [1.807, 2.05) is 49.5 Å². The minimum atomic E-state index is -0.0151. The summed E-state index contributed by atoms with van der Waals surface area (Å²) in [7, 11) is 5.54. The Morgan fingerprint density at radius 2 is 1.59 bits per heavy atom. The minimum Gasteiger partial charge on any atom is -0.487 e. The van der Waals surface area contributed by atoms with Crippen molar-refractivity contribution in [2.24, 2.45) is 14.1 Å². The largest absolute Gasteiger partial charge is 0.487 e. The molecular weight excluding hydrogens is 340 g/mol. The summed E-state index contributed by atoms with van der Waals surface area (Å²) < 4.78 is 15.3. The highest BCUT2D eigenvalue weighted by molar-refractivity contribution is 6.08. The Morgan fingerprint density at radius 3 is 2.33 bits per heavy atom. The van der Waals surface area contributed by atoms with Gasteiger partial charge in [0.2, 0.25) is 0 Å². The number of pyridine rings is 1. The maximum absolute atomic E-state index is 12.0. The van der Waals surface area contributed by atoms with Gasteiger partial charge in [-0.1, -0.05) is 18.2 Å². The van der Waals surface area contributed by atoms with Gasteiger partial charge in [-0.25, -0.2) is 0 Å². The zero-order chi connectivity index (χ0) is 19.0. The van der Waals surface area contributed by atoms with Gasteiger partial charge in [-0.3, -0.25) is 4.79 Å². The normalized spacial score (nSPS) is 11.4. The van der Waals surface area contributed by atoms with Gasteiger partial charge >= 0.3 is 0 Å². The summed E-state index contributed by atoms with van der Waals surface area (Å²) >= 11 is 0. The molecule has 5 nitrogen and oxygen atoms in total. The minimum absolute atomic E-state index is 0.0151. The highest BCUT2D eigenvalue weighted by Gasteiger charge is 2.18. The molecule has 0 saturated heterocycles. The second-order valence-corrected chi connectivity index (χ2v) is 6.64. The molecule has 2 aromatic carbocycles. The Labute approximate surface area is 157 Å². The summed E-state index contributed by atoms with van der Waals surface area (Å²) in [6.45, 7) is 0.925. The molecule has 0 bridgehead atoms. The predicted molar refractivity (Wildman–Crippen MR) is 107 cm³/mol. The lowest BCUT2D eigenvalue weighted by atomic mass is 10.1. The first-order chi connectivity index (χ1) is 13.1. The van der Waals surface area contributed by atoms with Crippen LogP contribution in [0.15, 0.2) is 59.4 Å². The van der Waals surface area contributed by atoms with E-state index in [0.717, 1.165) is 38.8 Å². The molecule has 4 rings (SSSR count). The number of hydrogen-bond acceptors (Lipinski definition) is 3. The fourth-order valence-electron chi connectivity index (χ4n) is 3.68. The first-order valence-electron chi connectivity index (χ1n) is 8.87. The molecule has 0 unspecified atom stereocenters. The first-order valence-corrected chi connectivity index (χ1v) is 8.87. The van der Waals surface area contributed by atoms with Gasteiger partial charge in [0.15, 0.2) is 0 Å². The number of aryl methyl sites for hydroxylation is 2. The Kier molecular flexibility index (Phi) is 4.46. The van der Waals surface area contributed by atoms with E-state index in [2.05, 4.69) is 10.6 Å². The highest BCUT2D eigenvalue weighted by Crippen LogP contribution is 2.33. The summed E-state index contributed by atoms with van der Waals surface area (Å²) in [5, 5.41) is 2.15. The lowest BCUT2D eigenvalue weighted by Gasteiger charge is -2.10. The summed E-state index contributed by atoms with van der Waals surface area (Å²) in [6, 6.07) is 17.4. The lowest BCUT2D eigenvalue weighted by molar-refractivity contribution is 0.182. The number of para-hydroxylation sites is 1. The van der Waals surface area contributed by atoms with Crippen molar-refractivity contribution in [3.63, 3.8) is 0 Å². The topological polar surface area (TPSA) is 45.4 Å². The average Bonchev–Trinajstić information content (AvgIpc) is 2.96. The van der Waals surface area contributed by atoms with Crippen molar-refractivity contribution in [2.75, 3.05) is 7.11 Å². The standard InChI is InChI=1S/C22H22N2O3/c1-23-19-11-10-18-16(9-12-21(25)24(18)2)22(19)17(13-26-3)20(23)14-27-15-7-5-4-6-8-15/h4-12H,13-14H2,1-3H3. The Balaban J connectivity index is 1.92. The van der Waals surface area contributed by atoms with Crippen LogP contribution in [0.1, 0.15) is 11.3 Å². The van der Waals surface area contributed by atoms with E-state index in [4.69, 9.17) is 9.47 Å². The molecule has 2 heterocycles. The Bertz CT molecular complexity index is 1170. The summed E-state index contributed by atoms with van der Waals surface area (Å²) in [4.78, 5) is 12.0. The van der Waals surface area contributed by atoms with Crippen LogP contribution in [-0.2, 0) is 32.0 Å². The molecule has 0 amide bonds. The molecule has 138 valence electrons. The highest BCUT2D eigenvalue weighted by atomic mass is 16.5. The number of benzene rings is 2. The molecule has 0 fully saturated rings. The van der Waals surface area contributed by atoms with E-state index >= 15 is 0 Å². The molecular formula is C22H22N2O3. The number of aromatic nitrogens is 2. The van der Waals surface area contributed by atoms with Crippen molar-refractivity contribution in [3.8, 4) is 5.75 Å². The van der Waals surface area contributed by atoms with Gasteiger partial charge in [-0.15, -0.1) is 0 Å². The van der Waals surface area contributed by atoms with Gasteiger partial charge in [0.1, 0.15) is 12.4 Å². The Hall–Kier alpha value is -3.05. The van der Waals surface area contributed by atoms with Crippen molar-refractivity contribution in [2.45, 2.75) is 13.2 Å². The van der Waals surface area contributed by atoms with Gasteiger partial charge < -0.3 is 18.6 Å². The molecule has 0 atom stereocenters. The fraction of sp³-hybridized carbons (Fsp3) is 0.227. The summed E-state index contributed by atoms with van der Waals surface area (Å²) in [6.07, 6.45) is 0. The van der Waals surface area contributed by atoms with E-state index in [9.17, 15) is 4.79 Å². The van der Waals surface area contributed by atoms with Gasteiger partial charge in [0.25, 0.3) is 5.56 Å². The van der Waals surface area contributed by atoms with Crippen molar-refractivity contribution < 1.29 is 9.47 Å². The molecule has 0 radical (unpaired) electrons. The van der Waals surface area contributed by atoms with Crippen LogP contribution >= 0.6 is 0 Å². The van der Waals surface area contributed by atoms with E-state index in [-0.39, 0.29) is 5.56 Å². The number of fused-ring (bicyclic) bond motifs is 3. The van der Waals surface area contributed by atoms with E-state index in [1.54, 1.807) is 24.8 Å². The maximum atomic E-state index is 12.0. The van der Waals surface area contributed by atoms with Gasteiger partial charge in [0.05, 0.1) is 17.8 Å². The summed E-state index contributed by atoms with van der Waals surface area (Å²) in [5.41, 5.74) is 4.15. The average molecular weight is 362 g/mol. The van der Waals surface area contributed by atoms with Gasteiger partial charge in [-0.05, 0) is 30.3 Å². The van der Waals surface area contributed by atoms with Crippen LogP contribution in [0.4, 0.5) is 0 Å². The second-order valence-electron chi connectivity index (χ2n) is 6.64. The zero-order valence-corrected chi connectivity index (χ0v) is 15.7. The molecule has 2 aromatic heterocycles. The zero-order valence-electron chi connectivity index (χ0n) is 15.7. The van der Waals surface area contributed by atoms with Crippen molar-refractivity contribution >= 4 is 21.8 Å². The molecule has 0 spiro atoms. The number of rotatable bonds is 5. The van der Waals surface area contributed by atoms with Crippen LogP contribution < -0.4 is 10.3 Å². The molecule has 4 aromatic rings. The quantitative estimate of drug-likeness (QED) is 0.543. The van der Waals surface area contributed by atoms with E-state index in [1.165, 1.54) is 0 Å². The predicted octanol–water partition coefficient (Wildman–Crippen LogP) is 3.76. The van der Waals surface area contributed by atoms with Crippen molar-refractivity contribution in [1.29, 1.82) is 0 Å². The van der Waals surface area contributed by atoms with Crippen molar-refractivity contribution in [1.82, 2.24) is 9.13 Å². The second kappa shape index (κ2) is 6.93. The third-order valence-corrected chi connectivity index (χ3v) is 5.11. The SMILES string of the molecule is COCc1c(COc2ccccc2)n(C)c2ccc3c(ccc(=O)n3C)c12. The van der Waals surface area contributed by atoms with Crippen LogP contribution in [0.3, 0.4) is 0 Å². The van der Waals surface area contributed by atoms with Crippen molar-refractivity contribution in [3.05, 3.63) is 76.2 Å². The van der Waals surface area contributed by atoms with Crippen LogP contribution in [0.25, 0.3) is 21.8 Å². The molecule has 0 aliphatic heterocycles. The monoisotopic (exact) mass is 362 g/mol. The van der Waals surface area contributed by atoms with Crippen LogP contribution in [0.5, 0.6) is 5.75 Å². The van der Waals surface area contributed by atoms with Crippen LogP contribution in [0, 0.1) is 0 Å².